The predicted octanol–water partition coefficient (Wildman–Crippen LogP) is 1.21. The van der Waals surface area contributed by atoms with Crippen molar-refractivity contribution in [3.63, 3.8) is 0 Å². The summed E-state index contributed by atoms with van der Waals surface area (Å²) in [6.45, 7) is 0. The Bertz CT molecular complexity index is 256. The minimum atomic E-state index is -0.995. The van der Waals surface area contributed by atoms with Crippen molar-refractivity contribution in [2.75, 3.05) is 7.11 Å². The van der Waals surface area contributed by atoms with Crippen LogP contribution in [0.1, 0.15) is 12.0 Å². The molecule has 1 unspecified atom stereocenters. The second-order valence-corrected chi connectivity index (χ2v) is 3.49. The maximum Gasteiger partial charge on any atom is 0.334 e. The van der Waals surface area contributed by atoms with Crippen LogP contribution in [0.15, 0.2) is 16.8 Å². The van der Waals surface area contributed by atoms with Crippen molar-refractivity contribution in [1.82, 2.24) is 0 Å². The molecule has 1 aromatic rings. The van der Waals surface area contributed by atoms with Gasteiger partial charge < -0.3 is 9.84 Å². The SMILES string of the molecule is COC(=O)C(O)CCc1ccsc1. The van der Waals surface area contributed by atoms with Crippen molar-refractivity contribution in [3.8, 4) is 0 Å². The lowest BCUT2D eigenvalue weighted by molar-refractivity contribution is -0.150. The highest BCUT2D eigenvalue weighted by Crippen LogP contribution is 2.10. The van der Waals surface area contributed by atoms with Gasteiger partial charge in [0.1, 0.15) is 0 Å². The highest BCUT2D eigenvalue weighted by molar-refractivity contribution is 7.07. The van der Waals surface area contributed by atoms with Crippen molar-refractivity contribution in [1.29, 1.82) is 0 Å². The van der Waals surface area contributed by atoms with Crippen LogP contribution >= 0.6 is 11.3 Å². The van der Waals surface area contributed by atoms with Crippen molar-refractivity contribution < 1.29 is 14.6 Å². The van der Waals surface area contributed by atoms with E-state index in [-0.39, 0.29) is 0 Å². The van der Waals surface area contributed by atoms with Crippen LogP contribution in [0.4, 0.5) is 0 Å². The number of carbonyl (C=O) groups excluding carboxylic acids is 1. The van der Waals surface area contributed by atoms with E-state index >= 15 is 0 Å². The average molecular weight is 200 g/mol. The molecule has 0 spiro atoms. The Morgan fingerprint density at radius 2 is 2.54 bits per heavy atom. The lowest BCUT2D eigenvalue weighted by Crippen LogP contribution is -2.22. The summed E-state index contributed by atoms with van der Waals surface area (Å²) in [4.78, 5) is 10.8. The molecule has 0 radical (unpaired) electrons. The quantitative estimate of drug-likeness (QED) is 0.743. The van der Waals surface area contributed by atoms with Crippen LogP contribution in [-0.2, 0) is 16.0 Å². The van der Waals surface area contributed by atoms with Crippen LogP contribution in [0.5, 0.6) is 0 Å². The fourth-order valence-corrected chi connectivity index (χ4v) is 1.70. The number of aliphatic hydroxyl groups excluding tert-OH is 1. The second-order valence-electron chi connectivity index (χ2n) is 2.71. The lowest BCUT2D eigenvalue weighted by atomic mass is 10.1. The minimum absolute atomic E-state index is 0.420. The first-order chi connectivity index (χ1) is 6.24. The maximum absolute atomic E-state index is 10.8. The number of thiophene rings is 1. The van der Waals surface area contributed by atoms with E-state index in [0.717, 1.165) is 5.56 Å². The third kappa shape index (κ3) is 3.16. The molecule has 0 saturated carbocycles. The van der Waals surface area contributed by atoms with Crippen molar-refractivity contribution in [2.45, 2.75) is 18.9 Å². The topological polar surface area (TPSA) is 46.5 Å². The van der Waals surface area contributed by atoms with E-state index < -0.39 is 12.1 Å². The van der Waals surface area contributed by atoms with Gasteiger partial charge in [-0.05, 0) is 35.2 Å². The number of hydrogen-bond donors (Lipinski definition) is 1. The number of rotatable bonds is 4. The molecule has 0 aromatic carbocycles. The molecule has 0 fully saturated rings. The molecular weight excluding hydrogens is 188 g/mol. The molecule has 4 heteroatoms. The van der Waals surface area contributed by atoms with Crippen LogP contribution < -0.4 is 0 Å². The largest absolute Gasteiger partial charge is 0.467 e. The van der Waals surface area contributed by atoms with Crippen LogP contribution in [-0.4, -0.2) is 24.3 Å². The summed E-state index contributed by atoms with van der Waals surface area (Å²) in [6.07, 6.45) is 0.133. The molecule has 1 N–H and O–H groups in total. The molecule has 1 heterocycles. The average Bonchev–Trinajstić information content (AvgIpc) is 2.65. The normalized spacial score (nSPS) is 12.5. The van der Waals surface area contributed by atoms with Gasteiger partial charge in [0.2, 0.25) is 0 Å². The molecule has 3 nitrogen and oxygen atoms in total. The van der Waals surface area contributed by atoms with Gasteiger partial charge in [-0.15, -0.1) is 0 Å². The second kappa shape index (κ2) is 4.99. The van der Waals surface area contributed by atoms with Gasteiger partial charge >= 0.3 is 5.97 Å². The van der Waals surface area contributed by atoms with E-state index in [1.165, 1.54) is 7.11 Å². The summed E-state index contributed by atoms with van der Waals surface area (Å²) in [5.74, 6) is -0.560. The Morgan fingerprint density at radius 1 is 1.77 bits per heavy atom. The van der Waals surface area contributed by atoms with Gasteiger partial charge in [-0.2, -0.15) is 11.3 Å². The molecule has 13 heavy (non-hydrogen) atoms. The highest BCUT2D eigenvalue weighted by Gasteiger charge is 2.14. The minimum Gasteiger partial charge on any atom is -0.467 e. The molecule has 0 bridgehead atoms. The molecule has 1 aromatic heterocycles. The Kier molecular flexibility index (Phi) is 3.92. The summed E-state index contributed by atoms with van der Waals surface area (Å²) in [7, 11) is 1.27. The molecule has 0 aliphatic heterocycles. The van der Waals surface area contributed by atoms with E-state index in [1.807, 2.05) is 16.8 Å². The van der Waals surface area contributed by atoms with Gasteiger partial charge in [-0.3, -0.25) is 0 Å². The van der Waals surface area contributed by atoms with Crippen LogP contribution in [0.25, 0.3) is 0 Å². The standard InChI is InChI=1S/C9H12O3S/c1-12-9(11)8(10)3-2-7-4-5-13-6-7/h4-6,8,10H,2-3H2,1H3. The number of hydrogen-bond acceptors (Lipinski definition) is 4. The summed E-state index contributed by atoms with van der Waals surface area (Å²) >= 11 is 1.61. The fourth-order valence-electron chi connectivity index (χ4n) is 0.992. The predicted molar refractivity (Wildman–Crippen MR) is 50.7 cm³/mol. The van der Waals surface area contributed by atoms with Gasteiger partial charge in [0.15, 0.2) is 6.10 Å². The third-order valence-electron chi connectivity index (χ3n) is 1.76. The molecule has 0 aliphatic rings. The zero-order valence-corrected chi connectivity index (χ0v) is 8.21. The monoisotopic (exact) mass is 200 g/mol. The van der Waals surface area contributed by atoms with Crippen LogP contribution in [0.2, 0.25) is 0 Å². The van der Waals surface area contributed by atoms with Gasteiger partial charge in [0.25, 0.3) is 0 Å². The van der Waals surface area contributed by atoms with Crippen molar-refractivity contribution >= 4 is 17.3 Å². The van der Waals surface area contributed by atoms with E-state index in [9.17, 15) is 9.90 Å². The Balaban J connectivity index is 2.30. The number of carbonyl (C=O) groups is 1. The van der Waals surface area contributed by atoms with E-state index in [0.29, 0.717) is 12.8 Å². The summed E-state index contributed by atoms with van der Waals surface area (Å²) in [5, 5.41) is 13.2. The van der Waals surface area contributed by atoms with E-state index in [1.54, 1.807) is 11.3 Å². The summed E-state index contributed by atoms with van der Waals surface area (Å²) in [6, 6.07) is 1.98. The molecule has 72 valence electrons. The molecule has 0 saturated heterocycles. The number of aliphatic hydroxyl groups is 1. The van der Waals surface area contributed by atoms with Crippen molar-refractivity contribution in [3.05, 3.63) is 22.4 Å². The van der Waals surface area contributed by atoms with E-state index in [4.69, 9.17) is 0 Å². The maximum atomic E-state index is 10.8. The smallest absolute Gasteiger partial charge is 0.334 e. The molecule has 1 rings (SSSR count). The van der Waals surface area contributed by atoms with Gasteiger partial charge in [-0.25, -0.2) is 4.79 Å². The molecule has 1 atom stereocenters. The Morgan fingerprint density at radius 3 is 3.08 bits per heavy atom. The first-order valence-electron chi connectivity index (χ1n) is 4.01. The molecule has 0 amide bonds. The van der Waals surface area contributed by atoms with E-state index in [2.05, 4.69) is 4.74 Å². The van der Waals surface area contributed by atoms with Crippen LogP contribution in [0.3, 0.4) is 0 Å². The molecular formula is C9H12O3S. The first kappa shape index (κ1) is 10.2. The number of aryl methyl sites for hydroxylation is 1. The summed E-state index contributed by atoms with van der Waals surface area (Å²) in [5.41, 5.74) is 1.15. The van der Waals surface area contributed by atoms with Crippen molar-refractivity contribution in [2.24, 2.45) is 0 Å². The zero-order chi connectivity index (χ0) is 9.68. The zero-order valence-electron chi connectivity index (χ0n) is 7.40. The summed E-state index contributed by atoms with van der Waals surface area (Å²) < 4.78 is 4.40. The highest BCUT2D eigenvalue weighted by atomic mass is 32.1. The third-order valence-corrected chi connectivity index (χ3v) is 2.49. The Labute approximate surface area is 81.0 Å². The first-order valence-corrected chi connectivity index (χ1v) is 4.95. The molecule has 0 aliphatic carbocycles. The Hall–Kier alpha value is -0.870. The van der Waals surface area contributed by atoms with Gasteiger partial charge in [0.05, 0.1) is 7.11 Å². The fraction of sp³-hybridized carbons (Fsp3) is 0.444. The number of esters is 1. The van der Waals surface area contributed by atoms with Gasteiger partial charge in [-0.1, -0.05) is 0 Å². The number of ether oxygens (including phenoxy) is 1. The lowest BCUT2D eigenvalue weighted by Gasteiger charge is -2.06. The van der Waals surface area contributed by atoms with Crippen LogP contribution in [0, 0.1) is 0 Å². The number of methoxy groups -OCH3 is 1. The van der Waals surface area contributed by atoms with Gasteiger partial charge in [0, 0.05) is 0 Å².